The van der Waals surface area contributed by atoms with Crippen molar-refractivity contribution in [1.82, 2.24) is 9.88 Å². The Balaban J connectivity index is 1.66. The fourth-order valence-electron chi connectivity index (χ4n) is 3.47. The van der Waals surface area contributed by atoms with Crippen LogP contribution >= 0.6 is 0 Å². The van der Waals surface area contributed by atoms with Gasteiger partial charge in [0.2, 0.25) is 5.88 Å². The highest BCUT2D eigenvalue weighted by molar-refractivity contribution is 5.94. The molecule has 1 aliphatic heterocycles. The van der Waals surface area contributed by atoms with E-state index in [9.17, 15) is 4.79 Å². The van der Waals surface area contributed by atoms with Crippen molar-refractivity contribution < 1.29 is 9.53 Å². The number of hydrogen-bond donors (Lipinski definition) is 1. The van der Waals surface area contributed by atoms with Crippen molar-refractivity contribution in [2.24, 2.45) is 11.7 Å². The van der Waals surface area contributed by atoms with Crippen LogP contribution in [0.15, 0.2) is 42.6 Å². The number of carbonyl (C=O) groups excluding carboxylic acids is 1. The average molecular weight is 367 g/mol. The topological polar surface area (TPSA) is 68.5 Å². The fourth-order valence-corrected chi connectivity index (χ4v) is 3.47. The fraction of sp³-hybridized carbons (Fsp3) is 0.455. The van der Waals surface area contributed by atoms with Crippen LogP contribution in [0.2, 0.25) is 0 Å². The zero-order valence-electron chi connectivity index (χ0n) is 16.6. The number of benzene rings is 1. The third-order valence-electron chi connectivity index (χ3n) is 5.18. The third kappa shape index (κ3) is 4.48. The summed E-state index contributed by atoms with van der Waals surface area (Å²) in [5, 5.41) is 0. The van der Waals surface area contributed by atoms with Gasteiger partial charge in [0.15, 0.2) is 0 Å². The molecule has 27 heavy (non-hydrogen) atoms. The van der Waals surface area contributed by atoms with Crippen molar-refractivity contribution in [2.45, 2.75) is 45.6 Å². The second kappa shape index (κ2) is 7.69. The molecule has 0 bridgehead atoms. The Labute approximate surface area is 161 Å². The summed E-state index contributed by atoms with van der Waals surface area (Å²) >= 11 is 0. The standard InChI is InChI=1S/C22H29N3O2/c1-15-11-16(12-23)14-25(15)21(26)17-5-10-20(24-13-17)27-19-8-6-18(7-9-19)22(2,3)4/h5-10,13,15-16H,11-12,14,23H2,1-4H3. The first-order valence-corrected chi connectivity index (χ1v) is 9.53. The van der Waals surface area contributed by atoms with Gasteiger partial charge >= 0.3 is 0 Å². The molecular formula is C22H29N3O2. The molecule has 0 spiro atoms. The van der Waals surface area contributed by atoms with Gasteiger partial charge in [-0.3, -0.25) is 4.79 Å². The van der Waals surface area contributed by atoms with E-state index < -0.39 is 0 Å². The molecule has 0 radical (unpaired) electrons. The summed E-state index contributed by atoms with van der Waals surface area (Å²) < 4.78 is 5.81. The highest BCUT2D eigenvalue weighted by Crippen LogP contribution is 2.27. The number of ether oxygens (including phenoxy) is 1. The molecule has 2 atom stereocenters. The number of pyridine rings is 1. The Morgan fingerprint density at radius 2 is 1.93 bits per heavy atom. The largest absolute Gasteiger partial charge is 0.439 e. The van der Waals surface area contributed by atoms with E-state index in [1.54, 1.807) is 18.3 Å². The summed E-state index contributed by atoms with van der Waals surface area (Å²) in [6.07, 6.45) is 2.55. The van der Waals surface area contributed by atoms with Crippen molar-refractivity contribution in [3.05, 3.63) is 53.7 Å². The lowest BCUT2D eigenvalue weighted by Gasteiger charge is -2.21. The maximum atomic E-state index is 12.7. The Morgan fingerprint density at radius 3 is 2.44 bits per heavy atom. The average Bonchev–Trinajstić information content (AvgIpc) is 3.02. The van der Waals surface area contributed by atoms with Crippen LogP contribution in [0.5, 0.6) is 11.6 Å². The molecule has 5 nitrogen and oxygen atoms in total. The number of amides is 1. The van der Waals surface area contributed by atoms with Gasteiger partial charge in [-0.25, -0.2) is 4.98 Å². The highest BCUT2D eigenvalue weighted by Gasteiger charge is 2.32. The van der Waals surface area contributed by atoms with E-state index in [0.717, 1.165) is 18.7 Å². The van der Waals surface area contributed by atoms with Gasteiger partial charge < -0.3 is 15.4 Å². The number of nitrogens with two attached hydrogens (primary N) is 1. The Kier molecular flexibility index (Phi) is 5.51. The first-order valence-electron chi connectivity index (χ1n) is 9.53. The number of carbonyl (C=O) groups is 1. The predicted molar refractivity (Wildman–Crippen MR) is 107 cm³/mol. The van der Waals surface area contributed by atoms with Gasteiger partial charge in [-0.15, -0.1) is 0 Å². The van der Waals surface area contributed by atoms with E-state index in [1.165, 1.54) is 5.56 Å². The van der Waals surface area contributed by atoms with Crippen LogP contribution in [0.4, 0.5) is 0 Å². The van der Waals surface area contributed by atoms with Gasteiger partial charge in [-0.05, 0) is 55.0 Å². The van der Waals surface area contributed by atoms with Gasteiger partial charge in [0.25, 0.3) is 5.91 Å². The van der Waals surface area contributed by atoms with Crippen LogP contribution in [0.25, 0.3) is 0 Å². The Morgan fingerprint density at radius 1 is 1.22 bits per heavy atom. The monoisotopic (exact) mass is 367 g/mol. The van der Waals surface area contributed by atoms with Crippen LogP contribution < -0.4 is 10.5 Å². The van der Waals surface area contributed by atoms with Crippen molar-refractivity contribution in [1.29, 1.82) is 0 Å². The smallest absolute Gasteiger partial charge is 0.255 e. The molecule has 2 heterocycles. The van der Waals surface area contributed by atoms with Gasteiger partial charge in [0.05, 0.1) is 5.56 Å². The lowest BCUT2D eigenvalue weighted by atomic mass is 9.87. The quantitative estimate of drug-likeness (QED) is 0.887. The Hall–Kier alpha value is -2.40. The van der Waals surface area contributed by atoms with E-state index in [0.29, 0.717) is 23.9 Å². The SMILES string of the molecule is CC1CC(CN)CN1C(=O)c1ccc(Oc2ccc(C(C)(C)C)cc2)nc1. The zero-order chi connectivity index (χ0) is 19.6. The molecule has 3 rings (SSSR count). The van der Waals surface area contributed by atoms with Gasteiger partial charge in [0, 0.05) is 24.8 Å². The van der Waals surface area contributed by atoms with Gasteiger partial charge in [-0.2, -0.15) is 0 Å². The molecule has 144 valence electrons. The summed E-state index contributed by atoms with van der Waals surface area (Å²) in [6.45, 7) is 9.94. The zero-order valence-corrected chi connectivity index (χ0v) is 16.6. The molecule has 1 aromatic carbocycles. The Bertz CT molecular complexity index is 779. The number of rotatable bonds is 4. The normalized spacial score (nSPS) is 20.0. The van der Waals surface area contributed by atoms with Crippen LogP contribution in [-0.2, 0) is 5.41 Å². The van der Waals surface area contributed by atoms with Crippen molar-refractivity contribution in [2.75, 3.05) is 13.1 Å². The highest BCUT2D eigenvalue weighted by atomic mass is 16.5. The summed E-state index contributed by atoms with van der Waals surface area (Å²) in [4.78, 5) is 18.9. The second-order valence-electron chi connectivity index (χ2n) is 8.41. The third-order valence-corrected chi connectivity index (χ3v) is 5.18. The molecule has 1 amide bonds. The second-order valence-corrected chi connectivity index (χ2v) is 8.41. The van der Waals surface area contributed by atoms with Crippen LogP contribution in [-0.4, -0.2) is 34.9 Å². The lowest BCUT2D eigenvalue weighted by molar-refractivity contribution is 0.0743. The molecular weight excluding hydrogens is 338 g/mol. The van der Waals surface area contributed by atoms with E-state index in [4.69, 9.17) is 10.5 Å². The van der Waals surface area contributed by atoms with E-state index in [2.05, 4.69) is 44.8 Å². The van der Waals surface area contributed by atoms with E-state index in [1.807, 2.05) is 17.0 Å². The number of aromatic nitrogens is 1. The van der Waals surface area contributed by atoms with Crippen LogP contribution in [0, 0.1) is 5.92 Å². The minimum absolute atomic E-state index is 0.00651. The number of likely N-dealkylation sites (tertiary alicyclic amines) is 1. The molecule has 0 aliphatic carbocycles. The molecule has 2 unspecified atom stereocenters. The molecule has 1 aliphatic rings. The summed E-state index contributed by atoms with van der Waals surface area (Å²) in [5.41, 5.74) is 7.69. The first-order chi connectivity index (χ1) is 12.8. The molecule has 2 aromatic rings. The molecule has 0 saturated carbocycles. The molecule has 5 heteroatoms. The van der Waals surface area contributed by atoms with Crippen LogP contribution in [0.1, 0.15) is 50.0 Å². The minimum Gasteiger partial charge on any atom is -0.439 e. The van der Waals surface area contributed by atoms with Crippen molar-refractivity contribution >= 4 is 5.91 Å². The molecule has 1 saturated heterocycles. The predicted octanol–water partition coefficient (Wildman–Crippen LogP) is 3.98. The minimum atomic E-state index is 0.00651. The van der Waals surface area contributed by atoms with Crippen molar-refractivity contribution in [3.8, 4) is 11.6 Å². The summed E-state index contributed by atoms with van der Waals surface area (Å²) in [6, 6.07) is 11.7. The molecule has 1 aromatic heterocycles. The summed E-state index contributed by atoms with van der Waals surface area (Å²) in [5.74, 6) is 1.60. The van der Waals surface area contributed by atoms with Gasteiger partial charge in [0.1, 0.15) is 5.75 Å². The number of hydrogen-bond acceptors (Lipinski definition) is 4. The van der Waals surface area contributed by atoms with Gasteiger partial charge in [-0.1, -0.05) is 32.9 Å². The lowest BCUT2D eigenvalue weighted by Crippen LogP contribution is -2.34. The van der Waals surface area contributed by atoms with E-state index >= 15 is 0 Å². The van der Waals surface area contributed by atoms with E-state index in [-0.39, 0.29) is 17.4 Å². The van der Waals surface area contributed by atoms with Crippen molar-refractivity contribution in [3.63, 3.8) is 0 Å². The maximum absolute atomic E-state index is 12.7. The maximum Gasteiger partial charge on any atom is 0.255 e. The first kappa shape index (κ1) is 19.4. The number of nitrogens with zero attached hydrogens (tertiary/aromatic N) is 2. The summed E-state index contributed by atoms with van der Waals surface area (Å²) in [7, 11) is 0. The molecule has 2 N–H and O–H groups in total. The molecule has 1 fully saturated rings. The van der Waals surface area contributed by atoms with Crippen LogP contribution in [0.3, 0.4) is 0 Å².